The molecule has 136 valence electrons. The van der Waals surface area contributed by atoms with E-state index in [1.54, 1.807) is 0 Å². The van der Waals surface area contributed by atoms with Gasteiger partial charge in [0.2, 0.25) is 0 Å². The summed E-state index contributed by atoms with van der Waals surface area (Å²) in [5.74, 6) is -0.778. The van der Waals surface area contributed by atoms with Gasteiger partial charge in [-0.1, -0.05) is 18.0 Å². The highest BCUT2D eigenvalue weighted by Gasteiger charge is 2.11. The smallest absolute Gasteiger partial charge is 0.171 e. The number of hydrogen-bond donors (Lipinski definition) is 4. The maximum Gasteiger partial charge on any atom is 0.171 e. The van der Waals surface area contributed by atoms with Crippen LogP contribution < -0.4 is 16.0 Å². The number of halogens is 2. The van der Waals surface area contributed by atoms with Crippen LogP contribution in [0.2, 0.25) is 5.02 Å². The summed E-state index contributed by atoms with van der Waals surface area (Å²) in [5, 5.41) is 10.2. The van der Waals surface area contributed by atoms with Gasteiger partial charge in [-0.3, -0.25) is 0 Å². The maximum atomic E-state index is 13.6. The van der Waals surface area contributed by atoms with E-state index < -0.39 is 16.5 Å². The molecular weight excluding hydrogens is 353 g/mol. The molecule has 1 heterocycles. The number of hydrogen-bond acceptors (Lipinski definition) is 5. The summed E-state index contributed by atoms with van der Waals surface area (Å²) < 4.78 is 35.4. The van der Waals surface area contributed by atoms with Gasteiger partial charge in [0.15, 0.2) is 10.7 Å². The largest absolute Gasteiger partial charge is 0.384 e. The van der Waals surface area contributed by atoms with Crippen LogP contribution in [0.3, 0.4) is 0 Å². The lowest BCUT2D eigenvalue weighted by Gasteiger charge is -2.23. The molecule has 8 heteroatoms. The number of thiol groups is 1. The fourth-order valence-corrected chi connectivity index (χ4v) is 3.56. The molecule has 1 aromatic rings. The van der Waals surface area contributed by atoms with Gasteiger partial charge >= 0.3 is 0 Å². The fourth-order valence-electron chi connectivity index (χ4n) is 2.78. The summed E-state index contributed by atoms with van der Waals surface area (Å²) in [6.45, 7) is 3.72. The normalized spacial score (nSPS) is 18.0. The Morgan fingerprint density at radius 1 is 1.25 bits per heavy atom. The van der Waals surface area contributed by atoms with Crippen molar-refractivity contribution >= 4 is 28.0 Å². The van der Waals surface area contributed by atoms with Crippen LogP contribution in [0.1, 0.15) is 32.1 Å². The van der Waals surface area contributed by atoms with E-state index in [-0.39, 0.29) is 9.92 Å². The molecule has 1 fully saturated rings. The highest BCUT2D eigenvalue weighted by molar-refractivity contribution is 7.72. The highest BCUT2D eigenvalue weighted by atomic mass is 35.5. The Morgan fingerprint density at radius 3 is 2.75 bits per heavy atom. The number of benzene rings is 1. The second-order valence-electron chi connectivity index (χ2n) is 6.03. The molecule has 1 aliphatic heterocycles. The van der Waals surface area contributed by atoms with Crippen LogP contribution in [-0.4, -0.2) is 40.6 Å². The van der Waals surface area contributed by atoms with E-state index in [1.807, 2.05) is 0 Å². The summed E-state index contributed by atoms with van der Waals surface area (Å²) in [7, 11) is -2.97. The lowest BCUT2D eigenvalue weighted by molar-refractivity contribution is 0.383. The van der Waals surface area contributed by atoms with Crippen LogP contribution in [-0.2, 0) is 10.7 Å². The number of nitrogens with one attached hydrogen (secondary N) is 3. The standard InChI is InChI=1S/C16H25ClFN3O2S/c17-13-9-16(24(22)23)14(18)10-15(13)21-8-4-3-6-19-11-12-5-1-2-7-20-12/h9-10,12,19-21,24H,1-8,11H2/t12-/m1/s1. The van der Waals surface area contributed by atoms with Crippen molar-refractivity contribution in [1.29, 1.82) is 0 Å². The molecule has 24 heavy (non-hydrogen) atoms. The van der Waals surface area contributed by atoms with Gasteiger partial charge in [0.05, 0.1) is 10.7 Å². The molecule has 5 nitrogen and oxygen atoms in total. The Hall–Kier alpha value is -0.890. The first-order valence-corrected chi connectivity index (χ1v) is 9.95. The first-order valence-electron chi connectivity index (χ1n) is 8.39. The fraction of sp³-hybridized carbons (Fsp3) is 0.625. The van der Waals surface area contributed by atoms with Crippen LogP contribution >= 0.6 is 11.6 Å². The van der Waals surface area contributed by atoms with Crippen LogP contribution in [0, 0.1) is 5.82 Å². The third-order valence-corrected chi connectivity index (χ3v) is 5.18. The lowest BCUT2D eigenvalue weighted by atomic mass is 10.1. The quantitative estimate of drug-likeness (QED) is 0.393. The van der Waals surface area contributed by atoms with Gasteiger partial charge in [0, 0.05) is 19.1 Å². The summed E-state index contributed by atoms with van der Waals surface area (Å²) >= 11 is 5.98. The number of rotatable bonds is 9. The van der Waals surface area contributed by atoms with Gasteiger partial charge in [-0.15, -0.1) is 0 Å². The predicted molar refractivity (Wildman–Crippen MR) is 96.2 cm³/mol. The summed E-state index contributed by atoms with van der Waals surface area (Å²) in [4.78, 5) is -0.374. The minimum atomic E-state index is -2.97. The molecule has 0 aromatic heterocycles. The minimum absolute atomic E-state index is 0.215. The van der Waals surface area contributed by atoms with E-state index in [2.05, 4.69) is 16.0 Å². The molecule has 1 atom stereocenters. The zero-order chi connectivity index (χ0) is 17.4. The van der Waals surface area contributed by atoms with E-state index in [0.717, 1.165) is 44.6 Å². The molecule has 0 radical (unpaired) electrons. The van der Waals surface area contributed by atoms with Crippen LogP contribution in [0.25, 0.3) is 0 Å². The Kier molecular flexibility index (Phi) is 8.24. The van der Waals surface area contributed by atoms with Crippen molar-refractivity contribution in [3.05, 3.63) is 23.0 Å². The van der Waals surface area contributed by atoms with Gasteiger partial charge in [-0.05, 0) is 50.9 Å². The Labute approximate surface area is 149 Å². The van der Waals surface area contributed by atoms with Crippen LogP contribution in [0.5, 0.6) is 0 Å². The summed E-state index contributed by atoms with van der Waals surface area (Å²) in [5.41, 5.74) is 0.425. The van der Waals surface area contributed by atoms with Crippen molar-refractivity contribution in [2.45, 2.75) is 43.0 Å². The third-order valence-electron chi connectivity index (χ3n) is 4.13. The monoisotopic (exact) mass is 377 g/mol. The minimum Gasteiger partial charge on any atom is -0.384 e. The van der Waals surface area contributed by atoms with Gasteiger partial charge in [-0.2, -0.15) is 0 Å². The lowest BCUT2D eigenvalue weighted by Crippen LogP contribution is -2.41. The average molecular weight is 378 g/mol. The maximum absolute atomic E-state index is 13.6. The van der Waals surface area contributed by atoms with Crippen molar-refractivity contribution in [1.82, 2.24) is 10.6 Å². The third kappa shape index (κ3) is 6.20. The van der Waals surface area contributed by atoms with E-state index in [1.165, 1.54) is 19.3 Å². The Bertz CT molecular complexity index is 599. The average Bonchev–Trinajstić information content (AvgIpc) is 2.57. The van der Waals surface area contributed by atoms with E-state index in [0.29, 0.717) is 18.3 Å². The molecule has 0 saturated carbocycles. The molecular formula is C16H25ClFN3O2S. The second-order valence-corrected chi connectivity index (χ2v) is 7.43. The van der Waals surface area contributed by atoms with Crippen LogP contribution in [0.15, 0.2) is 17.0 Å². The second kappa shape index (κ2) is 10.2. The Balaban J connectivity index is 1.63. The molecule has 1 saturated heterocycles. The Morgan fingerprint density at radius 2 is 2.04 bits per heavy atom. The first kappa shape index (κ1) is 19.4. The molecule has 2 rings (SSSR count). The SMILES string of the molecule is O=[SH](=O)c1cc(Cl)c(NCCCCNC[C@H]2CCCCN2)cc1F. The summed E-state index contributed by atoms with van der Waals surface area (Å²) in [6, 6.07) is 2.86. The molecule has 1 aromatic carbocycles. The predicted octanol–water partition coefficient (Wildman–Crippen LogP) is 2.37. The number of piperidine rings is 1. The van der Waals surface area contributed by atoms with Gasteiger partial charge < -0.3 is 16.0 Å². The number of unbranched alkanes of at least 4 members (excludes halogenated alkanes) is 1. The van der Waals surface area contributed by atoms with Crippen molar-refractivity contribution in [3.8, 4) is 0 Å². The molecule has 0 bridgehead atoms. The molecule has 0 spiro atoms. The van der Waals surface area contributed by atoms with Gasteiger partial charge in [-0.25, -0.2) is 12.8 Å². The highest BCUT2D eigenvalue weighted by Crippen LogP contribution is 2.26. The number of anilines is 1. The van der Waals surface area contributed by atoms with Crippen LogP contribution in [0.4, 0.5) is 10.1 Å². The van der Waals surface area contributed by atoms with E-state index in [4.69, 9.17) is 11.6 Å². The van der Waals surface area contributed by atoms with Crippen molar-refractivity contribution in [2.24, 2.45) is 0 Å². The van der Waals surface area contributed by atoms with Crippen molar-refractivity contribution in [3.63, 3.8) is 0 Å². The van der Waals surface area contributed by atoms with Gasteiger partial charge in [0.25, 0.3) is 0 Å². The molecule has 0 amide bonds. The van der Waals surface area contributed by atoms with Crippen molar-refractivity contribution < 1.29 is 12.8 Å². The topological polar surface area (TPSA) is 70.2 Å². The first-order chi connectivity index (χ1) is 11.6. The zero-order valence-electron chi connectivity index (χ0n) is 13.6. The van der Waals surface area contributed by atoms with Crippen molar-refractivity contribution in [2.75, 3.05) is 31.5 Å². The molecule has 3 N–H and O–H groups in total. The van der Waals surface area contributed by atoms with E-state index in [9.17, 15) is 12.8 Å². The summed E-state index contributed by atoms with van der Waals surface area (Å²) in [6.07, 6.45) is 5.74. The zero-order valence-corrected chi connectivity index (χ0v) is 15.3. The molecule has 1 aliphatic rings. The van der Waals surface area contributed by atoms with Gasteiger partial charge in [0.1, 0.15) is 10.7 Å². The molecule has 0 aliphatic carbocycles. The molecule has 0 unspecified atom stereocenters. The van der Waals surface area contributed by atoms with E-state index >= 15 is 0 Å².